The van der Waals surface area contributed by atoms with Crippen molar-refractivity contribution in [3.05, 3.63) is 0 Å². The molecule has 0 aliphatic carbocycles. The molecule has 3 nitrogen and oxygen atoms in total. The van der Waals surface area contributed by atoms with Gasteiger partial charge >= 0.3 is 0 Å². The quantitative estimate of drug-likeness (QED) is 0.588. The Bertz CT molecular complexity index is 203. The van der Waals surface area contributed by atoms with Gasteiger partial charge in [-0.3, -0.25) is 4.79 Å². The maximum absolute atomic E-state index is 11.3. The van der Waals surface area contributed by atoms with Crippen LogP contribution in [0.1, 0.15) is 20.8 Å². The largest absolute Gasteiger partial charge is 0.339 e. The SMILES string of the molecule is C#CC(C)(C)NC(=O)[C@H](C)NC. The third-order valence-electron chi connectivity index (χ3n) is 1.62. The molecule has 0 aromatic rings. The van der Waals surface area contributed by atoms with Crippen molar-refractivity contribution in [3.63, 3.8) is 0 Å². The molecular formula is C9H16N2O. The average molecular weight is 168 g/mol. The highest BCUT2D eigenvalue weighted by Gasteiger charge is 2.19. The summed E-state index contributed by atoms with van der Waals surface area (Å²) < 4.78 is 0. The van der Waals surface area contributed by atoms with Crippen LogP contribution in [0.3, 0.4) is 0 Å². The molecule has 0 aromatic carbocycles. The fourth-order valence-electron chi connectivity index (χ4n) is 0.583. The van der Waals surface area contributed by atoms with Crippen LogP contribution >= 0.6 is 0 Å². The first kappa shape index (κ1) is 11.0. The molecule has 0 bridgehead atoms. The van der Waals surface area contributed by atoms with Gasteiger partial charge in [-0.05, 0) is 27.8 Å². The second-order valence-electron chi connectivity index (χ2n) is 3.27. The van der Waals surface area contributed by atoms with Gasteiger partial charge in [-0.25, -0.2) is 0 Å². The van der Waals surface area contributed by atoms with Crippen LogP contribution in [0.25, 0.3) is 0 Å². The van der Waals surface area contributed by atoms with Crippen LogP contribution in [0.5, 0.6) is 0 Å². The molecular weight excluding hydrogens is 152 g/mol. The maximum atomic E-state index is 11.3. The first-order chi connectivity index (χ1) is 5.43. The highest BCUT2D eigenvalue weighted by molar-refractivity contribution is 5.82. The zero-order chi connectivity index (χ0) is 9.78. The first-order valence-electron chi connectivity index (χ1n) is 3.90. The molecule has 0 saturated heterocycles. The van der Waals surface area contributed by atoms with Crippen LogP contribution in [0.2, 0.25) is 0 Å². The molecule has 0 aliphatic rings. The fraction of sp³-hybridized carbons (Fsp3) is 0.667. The second-order valence-corrected chi connectivity index (χ2v) is 3.27. The third kappa shape index (κ3) is 3.40. The Labute approximate surface area is 73.9 Å². The zero-order valence-electron chi connectivity index (χ0n) is 8.06. The van der Waals surface area contributed by atoms with Gasteiger partial charge in [-0.15, -0.1) is 6.42 Å². The topological polar surface area (TPSA) is 41.1 Å². The van der Waals surface area contributed by atoms with E-state index in [1.165, 1.54) is 0 Å². The zero-order valence-corrected chi connectivity index (χ0v) is 8.06. The van der Waals surface area contributed by atoms with Gasteiger partial charge in [0.05, 0.1) is 11.6 Å². The Morgan fingerprint density at radius 2 is 2.08 bits per heavy atom. The average Bonchev–Trinajstić information content (AvgIpc) is 2.02. The molecule has 12 heavy (non-hydrogen) atoms. The summed E-state index contributed by atoms with van der Waals surface area (Å²) in [4.78, 5) is 11.3. The van der Waals surface area contributed by atoms with E-state index in [-0.39, 0.29) is 11.9 Å². The van der Waals surface area contributed by atoms with Crippen molar-refractivity contribution in [2.75, 3.05) is 7.05 Å². The van der Waals surface area contributed by atoms with Crippen molar-refractivity contribution in [1.29, 1.82) is 0 Å². The summed E-state index contributed by atoms with van der Waals surface area (Å²) in [6.45, 7) is 5.35. The molecule has 2 N–H and O–H groups in total. The molecule has 0 radical (unpaired) electrons. The highest BCUT2D eigenvalue weighted by Crippen LogP contribution is 1.98. The van der Waals surface area contributed by atoms with E-state index in [0.717, 1.165) is 0 Å². The lowest BCUT2D eigenvalue weighted by molar-refractivity contribution is -0.123. The van der Waals surface area contributed by atoms with Crippen LogP contribution < -0.4 is 10.6 Å². The summed E-state index contributed by atoms with van der Waals surface area (Å²) >= 11 is 0. The number of hydrogen-bond acceptors (Lipinski definition) is 2. The van der Waals surface area contributed by atoms with Crippen LogP contribution in [0.15, 0.2) is 0 Å². The van der Waals surface area contributed by atoms with E-state index in [2.05, 4.69) is 16.6 Å². The molecule has 0 rings (SSSR count). The van der Waals surface area contributed by atoms with Crippen LogP contribution in [-0.2, 0) is 4.79 Å². The number of terminal acetylenes is 1. The molecule has 0 spiro atoms. The summed E-state index contributed by atoms with van der Waals surface area (Å²) in [5.74, 6) is 2.41. The molecule has 68 valence electrons. The van der Waals surface area contributed by atoms with Crippen LogP contribution in [0.4, 0.5) is 0 Å². The number of carbonyl (C=O) groups is 1. The Hall–Kier alpha value is -1.01. The lowest BCUT2D eigenvalue weighted by Gasteiger charge is -2.21. The van der Waals surface area contributed by atoms with Gasteiger partial charge in [-0.1, -0.05) is 5.92 Å². The van der Waals surface area contributed by atoms with E-state index < -0.39 is 5.54 Å². The van der Waals surface area contributed by atoms with Crippen molar-refractivity contribution in [2.45, 2.75) is 32.4 Å². The van der Waals surface area contributed by atoms with E-state index in [9.17, 15) is 4.79 Å². The molecule has 1 amide bonds. The molecule has 0 aliphatic heterocycles. The van der Waals surface area contributed by atoms with Crippen molar-refractivity contribution >= 4 is 5.91 Å². The normalized spacial score (nSPS) is 13.2. The molecule has 1 atom stereocenters. The Morgan fingerprint density at radius 1 is 1.58 bits per heavy atom. The van der Waals surface area contributed by atoms with Gasteiger partial charge < -0.3 is 10.6 Å². The first-order valence-corrected chi connectivity index (χ1v) is 3.90. The van der Waals surface area contributed by atoms with Crippen LogP contribution in [0, 0.1) is 12.3 Å². The summed E-state index contributed by atoms with van der Waals surface area (Å²) in [6, 6.07) is -0.211. The summed E-state index contributed by atoms with van der Waals surface area (Å²) in [6.07, 6.45) is 5.21. The van der Waals surface area contributed by atoms with E-state index in [1.807, 2.05) is 0 Å². The molecule has 3 heteroatoms. The molecule has 0 aromatic heterocycles. The second kappa shape index (κ2) is 4.13. The third-order valence-corrected chi connectivity index (χ3v) is 1.62. The summed E-state index contributed by atoms with van der Waals surface area (Å²) in [7, 11) is 1.73. The monoisotopic (exact) mass is 168 g/mol. The van der Waals surface area contributed by atoms with E-state index in [4.69, 9.17) is 6.42 Å². The van der Waals surface area contributed by atoms with Gasteiger partial charge in [0.25, 0.3) is 0 Å². The van der Waals surface area contributed by atoms with Crippen molar-refractivity contribution in [3.8, 4) is 12.3 Å². The minimum atomic E-state index is -0.567. The lowest BCUT2D eigenvalue weighted by atomic mass is 10.1. The number of likely N-dealkylation sites (N-methyl/N-ethyl adjacent to an activating group) is 1. The van der Waals surface area contributed by atoms with Gasteiger partial charge in [0.1, 0.15) is 0 Å². The minimum absolute atomic E-state index is 0.0829. The van der Waals surface area contributed by atoms with E-state index >= 15 is 0 Å². The van der Waals surface area contributed by atoms with Crippen LogP contribution in [-0.4, -0.2) is 24.5 Å². The van der Waals surface area contributed by atoms with Gasteiger partial charge in [-0.2, -0.15) is 0 Å². The van der Waals surface area contributed by atoms with E-state index in [1.54, 1.807) is 27.8 Å². The van der Waals surface area contributed by atoms with Gasteiger partial charge in [0.2, 0.25) is 5.91 Å². The van der Waals surface area contributed by atoms with Crippen molar-refractivity contribution in [2.24, 2.45) is 0 Å². The van der Waals surface area contributed by atoms with Crippen molar-refractivity contribution in [1.82, 2.24) is 10.6 Å². The predicted molar refractivity (Wildman–Crippen MR) is 49.6 cm³/mol. The van der Waals surface area contributed by atoms with Gasteiger partial charge in [0, 0.05) is 0 Å². The van der Waals surface area contributed by atoms with Gasteiger partial charge in [0.15, 0.2) is 0 Å². The summed E-state index contributed by atoms with van der Waals surface area (Å²) in [5, 5.41) is 5.55. The number of rotatable bonds is 3. The number of amides is 1. The Kier molecular flexibility index (Phi) is 3.78. The fourth-order valence-corrected chi connectivity index (χ4v) is 0.583. The smallest absolute Gasteiger partial charge is 0.238 e. The maximum Gasteiger partial charge on any atom is 0.238 e. The van der Waals surface area contributed by atoms with E-state index in [0.29, 0.717) is 0 Å². The summed E-state index contributed by atoms with van der Waals surface area (Å²) in [5.41, 5.74) is -0.567. The minimum Gasteiger partial charge on any atom is -0.339 e. The number of carbonyl (C=O) groups excluding carboxylic acids is 1. The standard InChI is InChI=1S/C9H16N2O/c1-6-9(3,4)11-8(12)7(2)10-5/h1,7,10H,2-5H3,(H,11,12)/t7-/m0/s1. The Balaban J connectivity index is 4.12. The molecule has 0 unspecified atom stereocenters. The molecule has 0 heterocycles. The predicted octanol–water partition coefficient (Wildman–Crippen LogP) is 0.122. The molecule has 0 saturated carbocycles. The van der Waals surface area contributed by atoms with Crippen molar-refractivity contribution < 1.29 is 4.79 Å². The molecule has 0 fully saturated rings. The number of nitrogens with one attached hydrogen (secondary N) is 2. The highest BCUT2D eigenvalue weighted by atomic mass is 16.2. The number of hydrogen-bond donors (Lipinski definition) is 2. The Morgan fingerprint density at radius 3 is 2.42 bits per heavy atom. The lowest BCUT2D eigenvalue weighted by Crippen LogP contribution is -2.49.